The average molecular weight is 435 g/mol. The molecule has 2 aliphatic carbocycles. The summed E-state index contributed by atoms with van der Waals surface area (Å²) < 4.78 is 0. The number of amides is 2. The zero-order chi connectivity index (χ0) is 18.8. The first kappa shape index (κ1) is 22.3. The quantitative estimate of drug-likeness (QED) is 0.677. The van der Waals surface area contributed by atoms with Gasteiger partial charge in [0.2, 0.25) is 5.91 Å². The average Bonchev–Trinajstić information content (AvgIpc) is 2.57. The Bertz CT molecular complexity index is 687. The summed E-state index contributed by atoms with van der Waals surface area (Å²) >= 11 is 12.0. The Morgan fingerprint density at radius 1 is 1.19 bits per heavy atom. The molecule has 0 aromatic heterocycles. The standard InChI is InChI=1S/C19H25Cl2N3O2.ClH/c1-10(23-19(26)14-6-3-7-15(20)16(14)21)18(25)24-17-11-4-2-5-12(17)9-13(22)8-11;/h3,6-7,10-13,17H,2,4-5,8-9,22H2,1H3,(H,23,26)(H,24,25);1H. The summed E-state index contributed by atoms with van der Waals surface area (Å²) in [6, 6.07) is 4.59. The molecule has 0 radical (unpaired) electrons. The third-order valence-corrected chi connectivity index (χ3v) is 6.44. The fraction of sp³-hybridized carbons (Fsp3) is 0.579. The number of rotatable bonds is 4. The van der Waals surface area contributed by atoms with Crippen molar-refractivity contribution in [3.8, 4) is 0 Å². The van der Waals surface area contributed by atoms with Crippen LogP contribution in [-0.4, -0.2) is 29.9 Å². The van der Waals surface area contributed by atoms with Gasteiger partial charge < -0.3 is 16.4 Å². The lowest BCUT2D eigenvalue weighted by atomic mass is 9.67. The molecule has 3 atom stereocenters. The van der Waals surface area contributed by atoms with E-state index < -0.39 is 11.9 Å². The molecular weight excluding hydrogens is 409 g/mol. The minimum Gasteiger partial charge on any atom is -0.351 e. The Morgan fingerprint density at radius 3 is 2.44 bits per heavy atom. The maximum absolute atomic E-state index is 12.6. The largest absolute Gasteiger partial charge is 0.351 e. The van der Waals surface area contributed by atoms with Gasteiger partial charge in [0.25, 0.3) is 5.91 Å². The van der Waals surface area contributed by atoms with E-state index in [0.29, 0.717) is 16.9 Å². The molecule has 27 heavy (non-hydrogen) atoms. The van der Waals surface area contributed by atoms with Crippen LogP contribution in [0.1, 0.15) is 49.4 Å². The fourth-order valence-corrected chi connectivity index (χ4v) is 4.72. The molecule has 1 aromatic carbocycles. The van der Waals surface area contributed by atoms with Crippen LogP contribution in [0.4, 0.5) is 0 Å². The number of hydrogen-bond acceptors (Lipinski definition) is 3. The van der Waals surface area contributed by atoms with Crippen LogP contribution in [0.3, 0.4) is 0 Å². The minimum atomic E-state index is -0.658. The van der Waals surface area contributed by atoms with Gasteiger partial charge in [-0.1, -0.05) is 35.7 Å². The molecule has 1 aromatic rings. The van der Waals surface area contributed by atoms with Crippen LogP contribution in [0.15, 0.2) is 18.2 Å². The summed E-state index contributed by atoms with van der Waals surface area (Å²) in [6.45, 7) is 1.68. The van der Waals surface area contributed by atoms with E-state index in [0.717, 1.165) is 25.7 Å². The van der Waals surface area contributed by atoms with Gasteiger partial charge in [0.1, 0.15) is 6.04 Å². The van der Waals surface area contributed by atoms with Crippen LogP contribution in [0.5, 0.6) is 0 Å². The Hall–Kier alpha value is -1.01. The lowest BCUT2D eigenvalue weighted by Crippen LogP contribution is -2.57. The SMILES string of the molecule is CC(NC(=O)c1cccc(Cl)c1Cl)C(=O)NC1C2CCCC1CC(N)C2.Cl. The number of hydrogen-bond donors (Lipinski definition) is 3. The molecule has 0 heterocycles. The van der Waals surface area contributed by atoms with E-state index in [2.05, 4.69) is 10.6 Å². The van der Waals surface area contributed by atoms with Gasteiger partial charge in [-0.25, -0.2) is 0 Å². The van der Waals surface area contributed by atoms with Gasteiger partial charge in [-0.3, -0.25) is 9.59 Å². The zero-order valence-electron chi connectivity index (χ0n) is 15.2. The number of nitrogens with two attached hydrogens (primary N) is 1. The third kappa shape index (κ3) is 5.08. The summed E-state index contributed by atoms with van der Waals surface area (Å²) in [5.41, 5.74) is 6.40. The molecule has 2 amide bonds. The lowest BCUT2D eigenvalue weighted by Gasteiger charge is -2.45. The van der Waals surface area contributed by atoms with Crippen LogP contribution in [0.2, 0.25) is 10.0 Å². The molecule has 2 saturated carbocycles. The number of carbonyl (C=O) groups excluding carboxylic acids is 2. The van der Waals surface area contributed by atoms with Crippen molar-refractivity contribution in [2.24, 2.45) is 17.6 Å². The predicted octanol–water partition coefficient (Wildman–Crippen LogP) is 3.56. The summed E-state index contributed by atoms with van der Waals surface area (Å²) in [5.74, 6) is 0.290. The third-order valence-electron chi connectivity index (χ3n) is 5.62. The van der Waals surface area contributed by atoms with Gasteiger partial charge in [-0.15, -0.1) is 12.4 Å². The van der Waals surface area contributed by atoms with Crippen LogP contribution in [0.25, 0.3) is 0 Å². The molecule has 0 saturated heterocycles. The van der Waals surface area contributed by atoms with Crippen LogP contribution in [0, 0.1) is 11.8 Å². The second-order valence-electron chi connectivity index (χ2n) is 7.51. The van der Waals surface area contributed by atoms with Crippen molar-refractivity contribution in [3.05, 3.63) is 33.8 Å². The molecule has 3 unspecified atom stereocenters. The molecule has 0 spiro atoms. The fourth-order valence-electron chi connectivity index (χ4n) is 4.33. The van der Waals surface area contributed by atoms with E-state index in [4.69, 9.17) is 28.9 Å². The smallest absolute Gasteiger partial charge is 0.253 e. The highest BCUT2D eigenvalue weighted by Crippen LogP contribution is 2.39. The molecule has 4 N–H and O–H groups in total. The van der Waals surface area contributed by atoms with Crippen molar-refractivity contribution in [3.63, 3.8) is 0 Å². The number of carbonyl (C=O) groups is 2. The first-order valence-corrected chi connectivity index (χ1v) is 9.93. The molecule has 3 rings (SSSR count). The van der Waals surface area contributed by atoms with E-state index in [1.165, 1.54) is 6.42 Å². The Balaban J connectivity index is 0.00000261. The highest BCUT2D eigenvalue weighted by molar-refractivity contribution is 6.43. The second kappa shape index (κ2) is 9.46. The number of fused-ring (bicyclic) bond motifs is 2. The second-order valence-corrected chi connectivity index (χ2v) is 8.30. The summed E-state index contributed by atoms with van der Waals surface area (Å²) in [4.78, 5) is 25.0. The van der Waals surface area contributed by atoms with Gasteiger partial charge >= 0.3 is 0 Å². The highest BCUT2D eigenvalue weighted by atomic mass is 35.5. The zero-order valence-corrected chi connectivity index (χ0v) is 17.5. The van der Waals surface area contributed by atoms with Gasteiger partial charge in [0.15, 0.2) is 0 Å². The molecule has 5 nitrogen and oxygen atoms in total. The van der Waals surface area contributed by atoms with Gasteiger partial charge in [-0.2, -0.15) is 0 Å². The molecule has 8 heteroatoms. The Labute approximate surface area is 176 Å². The Morgan fingerprint density at radius 2 is 1.81 bits per heavy atom. The molecule has 2 aliphatic rings. The normalized spacial score (nSPS) is 27.9. The van der Waals surface area contributed by atoms with Gasteiger partial charge in [0, 0.05) is 12.1 Å². The number of benzene rings is 1. The lowest BCUT2D eigenvalue weighted by molar-refractivity contribution is -0.124. The topological polar surface area (TPSA) is 84.2 Å². The van der Waals surface area contributed by atoms with E-state index in [-0.39, 0.29) is 41.0 Å². The highest BCUT2D eigenvalue weighted by Gasteiger charge is 2.40. The van der Waals surface area contributed by atoms with E-state index in [1.54, 1.807) is 25.1 Å². The molecule has 2 bridgehead atoms. The molecule has 150 valence electrons. The van der Waals surface area contributed by atoms with Crippen molar-refractivity contribution >= 4 is 47.4 Å². The van der Waals surface area contributed by atoms with Crippen LogP contribution < -0.4 is 16.4 Å². The molecule has 2 fully saturated rings. The predicted molar refractivity (Wildman–Crippen MR) is 111 cm³/mol. The summed E-state index contributed by atoms with van der Waals surface area (Å²) in [5, 5.41) is 6.36. The number of halogens is 3. The van der Waals surface area contributed by atoms with Crippen LogP contribution in [-0.2, 0) is 4.79 Å². The summed E-state index contributed by atoms with van der Waals surface area (Å²) in [6.07, 6.45) is 5.33. The molecule has 0 aliphatic heterocycles. The van der Waals surface area contributed by atoms with Crippen molar-refractivity contribution in [1.82, 2.24) is 10.6 Å². The van der Waals surface area contributed by atoms with Crippen molar-refractivity contribution in [2.75, 3.05) is 0 Å². The van der Waals surface area contributed by atoms with E-state index >= 15 is 0 Å². The summed E-state index contributed by atoms with van der Waals surface area (Å²) in [7, 11) is 0. The maximum atomic E-state index is 12.6. The minimum absolute atomic E-state index is 0. The first-order chi connectivity index (χ1) is 12.4. The Kier molecular flexibility index (Phi) is 7.81. The van der Waals surface area contributed by atoms with Crippen LogP contribution >= 0.6 is 35.6 Å². The maximum Gasteiger partial charge on any atom is 0.253 e. The van der Waals surface area contributed by atoms with E-state index in [1.807, 2.05) is 0 Å². The number of nitrogens with one attached hydrogen (secondary N) is 2. The van der Waals surface area contributed by atoms with Crippen molar-refractivity contribution < 1.29 is 9.59 Å². The molecular formula is C19H26Cl3N3O2. The van der Waals surface area contributed by atoms with E-state index in [9.17, 15) is 9.59 Å². The van der Waals surface area contributed by atoms with Crippen molar-refractivity contribution in [2.45, 2.75) is 57.2 Å². The monoisotopic (exact) mass is 433 g/mol. The van der Waals surface area contributed by atoms with Gasteiger partial charge in [-0.05, 0) is 56.6 Å². The van der Waals surface area contributed by atoms with Gasteiger partial charge in [0.05, 0.1) is 15.6 Å². The van der Waals surface area contributed by atoms with Crippen molar-refractivity contribution in [1.29, 1.82) is 0 Å². The first-order valence-electron chi connectivity index (χ1n) is 9.17.